The Balaban J connectivity index is 2.08. The van der Waals surface area contributed by atoms with Gasteiger partial charge in [-0.1, -0.05) is 45.9 Å². The van der Waals surface area contributed by atoms with Gasteiger partial charge < -0.3 is 10.1 Å². The van der Waals surface area contributed by atoms with Crippen LogP contribution in [0.5, 0.6) is 5.75 Å². The molecule has 2 aromatic carbocycles. The van der Waals surface area contributed by atoms with Gasteiger partial charge in [-0.2, -0.15) is 4.31 Å². The highest BCUT2D eigenvalue weighted by Crippen LogP contribution is 2.24. The third-order valence-electron chi connectivity index (χ3n) is 4.70. The third kappa shape index (κ3) is 5.81. The maximum atomic E-state index is 12.7. The first-order valence-corrected chi connectivity index (χ1v) is 11.3. The number of hydrogen-bond donors (Lipinski definition) is 1. The van der Waals surface area contributed by atoms with Crippen molar-refractivity contribution in [2.75, 3.05) is 25.0 Å². The molecule has 0 bridgehead atoms. The SMILES string of the molecule is CCN(CC)S(=O)(=O)c1cccc(NC(=O)COc2cc(C(C)C)ccc2C)c1. The van der Waals surface area contributed by atoms with E-state index in [4.69, 9.17) is 4.74 Å². The predicted molar refractivity (Wildman–Crippen MR) is 116 cm³/mol. The Hall–Kier alpha value is -2.38. The Kier molecular flexibility index (Phi) is 7.81. The average molecular weight is 419 g/mol. The van der Waals surface area contributed by atoms with Gasteiger partial charge in [0.1, 0.15) is 5.75 Å². The number of carbonyl (C=O) groups is 1. The second-order valence-electron chi connectivity index (χ2n) is 7.13. The first-order valence-electron chi connectivity index (χ1n) is 9.82. The number of hydrogen-bond acceptors (Lipinski definition) is 4. The maximum absolute atomic E-state index is 12.7. The quantitative estimate of drug-likeness (QED) is 0.663. The lowest BCUT2D eigenvalue weighted by Gasteiger charge is -2.19. The highest BCUT2D eigenvalue weighted by Gasteiger charge is 2.21. The van der Waals surface area contributed by atoms with Gasteiger partial charge in [0, 0.05) is 18.8 Å². The number of aryl methyl sites for hydroxylation is 1. The van der Waals surface area contributed by atoms with Crippen LogP contribution in [-0.4, -0.2) is 38.3 Å². The minimum atomic E-state index is -3.58. The van der Waals surface area contributed by atoms with Crippen molar-refractivity contribution in [1.82, 2.24) is 4.31 Å². The Morgan fingerprint density at radius 1 is 1.10 bits per heavy atom. The van der Waals surface area contributed by atoms with Gasteiger partial charge in [-0.15, -0.1) is 0 Å². The molecule has 0 atom stereocenters. The van der Waals surface area contributed by atoms with Crippen molar-refractivity contribution < 1.29 is 17.9 Å². The molecule has 0 unspecified atom stereocenters. The monoisotopic (exact) mass is 418 g/mol. The minimum Gasteiger partial charge on any atom is -0.483 e. The summed E-state index contributed by atoms with van der Waals surface area (Å²) in [7, 11) is -3.58. The molecule has 1 N–H and O–H groups in total. The topological polar surface area (TPSA) is 75.7 Å². The molecule has 0 aliphatic carbocycles. The van der Waals surface area contributed by atoms with E-state index >= 15 is 0 Å². The van der Waals surface area contributed by atoms with Crippen molar-refractivity contribution in [2.45, 2.75) is 45.4 Å². The summed E-state index contributed by atoms with van der Waals surface area (Å²) >= 11 is 0. The van der Waals surface area contributed by atoms with Gasteiger partial charge in [0.15, 0.2) is 6.61 Å². The number of rotatable bonds is 9. The Morgan fingerprint density at radius 3 is 2.41 bits per heavy atom. The smallest absolute Gasteiger partial charge is 0.262 e. The van der Waals surface area contributed by atoms with Gasteiger partial charge in [-0.25, -0.2) is 8.42 Å². The zero-order valence-electron chi connectivity index (χ0n) is 17.7. The number of carbonyl (C=O) groups excluding carboxylic acids is 1. The summed E-state index contributed by atoms with van der Waals surface area (Å²) in [5, 5.41) is 2.71. The van der Waals surface area contributed by atoms with Crippen molar-refractivity contribution in [3.05, 3.63) is 53.6 Å². The first-order chi connectivity index (χ1) is 13.7. The van der Waals surface area contributed by atoms with Gasteiger partial charge >= 0.3 is 0 Å². The number of sulfonamides is 1. The van der Waals surface area contributed by atoms with Gasteiger partial charge in [0.2, 0.25) is 10.0 Å². The summed E-state index contributed by atoms with van der Waals surface area (Å²) in [5.74, 6) is 0.684. The van der Waals surface area contributed by atoms with E-state index in [1.54, 1.807) is 26.0 Å². The van der Waals surface area contributed by atoms with Crippen LogP contribution in [0.1, 0.15) is 44.7 Å². The predicted octanol–water partition coefficient (Wildman–Crippen LogP) is 4.17. The largest absolute Gasteiger partial charge is 0.483 e. The van der Waals surface area contributed by atoms with Crippen LogP contribution in [0.2, 0.25) is 0 Å². The molecule has 0 aliphatic heterocycles. The zero-order chi connectivity index (χ0) is 21.6. The van der Waals surface area contributed by atoms with Gasteiger partial charge in [-0.05, 0) is 48.2 Å². The van der Waals surface area contributed by atoms with Crippen LogP contribution in [0.4, 0.5) is 5.69 Å². The fraction of sp³-hybridized carbons (Fsp3) is 0.409. The number of amides is 1. The average Bonchev–Trinajstić information content (AvgIpc) is 2.68. The molecule has 1 amide bonds. The lowest BCUT2D eigenvalue weighted by molar-refractivity contribution is -0.118. The summed E-state index contributed by atoms with van der Waals surface area (Å²) in [5.41, 5.74) is 2.51. The van der Waals surface area contributed by atoms with Gasteiger partial charge in [-0.3, -0.25) is 4.79 Å². The molecule has 0 aliphatic rings. The molecule has 0 radical (unpaired) electrons. The summed E-state index contributed by atoms with van der Waals surface area (Å²) in [6.07, 6.45) is 0. The van der Waals surface area contributed by atoms with E-state index in [2.05, 4.69) is 25.2 Å². The molecule has 29 heavy (non-hydrogen) atoms. The molecule has 2 rings (SSSR count). The third-order valence-corrected chi connectivity index (χ3v) is 6.74. The molecule has 0 saturated heterocycles. The molecule has 7 heteroatoms. The van der Waals surface area contributed by atoms with E-state index < -0.39 is 10.0 Å². The highest BCUT2D eigenvalue weighted by molar-refractivity contribution is 7.89. The first kappa shape index (κ1) is 22.9. The molecule has 2 aromatic rings. The fourth-order valence-electron chi connectivity index (χ4n) is 2.92. The number of ether oxygens (including phenoxy) is 1. The number of nitrogens with zero attached hydrogens (tertiary/aromatic N) is 1. The second kappa shape index (κ2) is 9.89. The van der Waals surface area contributed by atoms with Crippen molar-refractivity contribution in [3.8, 4) is 5.75 Å². The Bertz CT molecular complexity index is 951. The molecular weight excluding hydrogens is 388 g/mol. The van der Waals surface area contributed by atoms with E-state index in [1.807, 2.05) is 19.1 Å². The van der Waals surface area contributed by atoms with Crippen LogP contribution in [0.25, 0.3) is 0 Å². The van der Waals surface area contributed by atoms with E-state index in [-0.39, 0.29) is 17.4 Å². The van der Waals surface area contributed by atoms with Crippen LogP contribution in [0.3, 0.4) is 0 Å². The van der Waals surface area contributed by atoms with E-state index in [1.165, 1.54) is 16.4 Å². The fourth-order valence-corrected chi connectivity index (χ4v) is 4.42. The summed E-state index contributed by atoms with van der Waals surface area (Å²) < 4.78 is 32.4. The van der Waals surface area contributed by atoms with Crippen LogP contribution in [-0.2, 0) is 14.8 Å². The van der Waals surface area contributed by atoms with Gasteiger partial charge in [0.05, 0.1) is 4.90 Å². The Labute approximate surface area is 173 Å². The van der Waals surface area contributed by atoms with E-state index in [9.17, 15) is 13.2 Å². The number of benzene rings is 2. The number of anilines is 1. The van der Waals surface area contributed by atoms with Crippen molar-refractivity contribution in [1.29, 1.82) is 0 Å². The van der Waals surface area contributed by atoms with Crippen molar-refractivity contribution in [2.24, 2.45) is 0 Å². The zero-order valence-corrected chi connectivity index (χ0v) is 18.5. The minimum absolute atomic E-state index is 0.153. The molecule has 6 nitrogen and oxygen atoms in total. The Morgan fingerprint density at radius 2 is 1.79 bits per heavy atom. The summed E-state index contributed by atoms with van der Waals surface area (Å²) in [6.45, 7) is 10.3. The van der Waals surface area contributed by atoms with Crippen molar-refractivity contribution in [3.63, 3.8) is 0 Å². The molecule has 0 heterocycles. The molecule has 0 fully saturated rings. The van der Waals surface area contributed by atoms with Gasteiger partial charge in [0.25, 0.3) is 5.91 Å². The molecule has 158 valence electrons. The lowest BCUT2D eigenvalue weighted by atomic mass is 10.0. The van der Waals surface area contributed by atoms with E-state index in [0.717, 1.165) is 11.1 Å². The summed E-state index contributed by atoms with van der Waals surface area (Å²) in [6, 6.07) is 12.2. The normalized spacial score (nSPS) is 11.7. The summed E-state index contributed by atoms with van der Waals surface area (Å²) in [4.78, 5) is 12.5. The van der Waals surface area contributed by atoms with Crippen LogP contribution in [0.15, 0.2) is 47.4 Å². The van der Waals surface area contributed by atoms with Crippen LogP contribution in [0, 0.1) is 6.92 Å². The van der Waals surface area contributed by atoms with Crippen molar-refractivity contribution >= 4 is 21.6 Å². The standard InChI is InChI=1S/C22H30N2O4S/c1-6-24(7-2)29(26,27)20-10-8-9-19(14-20)23-22(25)15-28-21-13-18(16(3)4)12-11-17(21)5/h8-14,16H,6-7,15H2,1-5H3,(H,23,25). The molecule has 0 spiro atoms. The lowest BCUT2D eigenvalue weighted by Crippen LogP contribution is -2.30. The second-order valence-corrected chi connectivity index (χ2v) is 9.07. The van der Waals surface area contributed by atoms with Crippen LogP contribution >= 0.6 is 0 Å². The molecule has 0 aromatic heterocycles. The van der Waals surface area contributed by atoms with E-state index in [0.29, 0.717) is 30.4 Å². The number of nitrogens with one attached hydrogen (secondary N) is 1. The highest BCUT2D eigenvalue weighted by atomic mass is 32.2. The molecule has 0 saturated carbocycles. The maximum Gasteiger partial charge on any atom is 0.262 e. The van der Waals surface area contributed by atoms with Crippen LogP contribution < -0.4 is 10.1 Å². The molecular formula is C22H30N2O4S.